The number of nitrogens with zero attached hydrogens (tertiary/aromatic N) is 1. The molecule has 0 aliphatic heterocycles. The highest BCUT2D eigenvalue weighted by Gasteiger charge is 2.27. The monoisotopic (exact) mass is 360 g/mol. The zero-order valence-corrected chi connectivity index (χ0v) is 17.0. The van der Waals surface area contributed by atoms with Gasteiger partial charge >= 0.3 is 0 Å². The van der Waals surface area contributed by atoms with Crippen LogP contribution in [0.15, 0.2) is 17.5 Å². The molecule has 0 aliphatic rings. The van der Waals surface area contributed by atoms with E-state index in [0.717, 1.165) is 27.4 Å². The Morgan fingerprint density at radius 3 is 2.08 bits per heavy atom. The van der Waals surface area contributed by atoms with Crippen LogP contribution in [0, 0.1) is 0 Å². The zero-order chi connectivity index (χ0) is 19.0. The van der Waals surface area contributed by atoms with Crippen molar-refractivity contribution >= 4 is 17.2 Å². The maximum Gasteiger partial charge on any atom is 0.217 e. The molecule has 0 saturated heterocycles. The Morgan fingerprint density at radius 1 is 1.12 bits per heavy atom. The number of phenols is 1. The number of rotatable bonds is 3. The van der Waals surface area contributed by atoms with Crippen LogP contribution in [0.4, 0.5) is 0 Å². The van der Waals surface area contributed by atoms with E-state index in [1.807, 2.05) is 17.5 Å². The van der Waals surface area contributed by atoms with Gasteiger partial charge in [-0.1, -0.05) is 41.5 Å². The van der Waals surface area contributed by atoms with E-state index in [1.165, 1.54) is 18.3 Å². The summed E-state index contributed by atoms with van der Waals surface area (Å²) in [5, 5.41) is 16.5. The second-order valence-electron chi connectivity index (χ2n) is 8.46. The van der Waals surface area contributed by atoms with Gasteiger partial charge in [0.1, 0.15) is 10.8 Å². The minimum Gasteiger partial charge on any atom is -0.507 e. The highest BCUT2D eigenvalue weighted by atomic mass is 32.1. The van der Waals surface area contributed by atoms with E-state index in [2.05, 4.69) is 51.8 Å². The lowest BCUT2D eigenvalue weighted by Crippen LogP contribution is -2.18. The SMILES string of the molecule is CC(=O)NCc1nc(-c2cc(C(C)(C)C)c(O)c(C(C)(C)C)c2)cs1. The molecule has 0 radical (unpaired) electrons. The number of aromatic nitrogens is 1. The molecule has 2 aromatic rings. The molecule has 1 amide bonds. The van der Waals surface area contributed by atoms with Crippen molar-refractivity contribution in [2.75, 3.05) is 0 Å². The van der Waals surface area contributed by atoms with Crippen LogP contribution in [0.25, 0.3) is 11.3 Å². The van der Waals surface area contributed by atoms with Crippen LogP contribution in [-0.2, 0) is 22.2 Å². The largest absolute Gasteiger partial charge is 0.507 e. The lowest BCUT2D eigenvalue weighted by atomic mass is 9.78. The lowest BCUT2D eigenvalue weighted by molar-refractivity contribution is -0.119. The van der Waals surface area contributed by atoms with Gasteiger partial charge < -0.3 is 10.4 Å². The number of carbonyl (C=O) groups excluding carboxylic acids is 1. The second-order valence-corrected chi connectivity index (χ2v) is 9.40. The number of nitrogens with one attached hydrogen (secondary N) is 1. The van der Waals surface area contributed by atoms with Crippen LogP contribution in [0.5, 0.6) is 5.75 Å². The van der Waals surface area contributed by atoms with Crippen LogP contribution in [0.3, 0.4) is 0 Å². The molecule has 0 spiro atoms. The normalized spacial score (nSPS) is 12.3. The Labute approximate surface area is 154 Å². The van der Waals surface area contributed by atoms with E-state index in [4.69, 9.17) is 0 Å². The summed E-state index contributed by atoms with van der Waals surface area (Å²) in [5.41, 5.74) is 3.38. The quantitative estimate of drug-likeness (QED) is 0.830. The molecule has 0 bridgehead atoms. The molecule has 1 aromatic heterocycles. The van der Waals surface area contributed by atoms with Gasteiger partial charge in [0.05, 0.1) is 12.2 Å². The molecule has 0 fully saturated rings. The summed E-state index contributed by atoms with van der Waals surface area (Å²) in [4.78, 5) is 15.7. The van der Waals surface area contributed by atoms with E-state index >= 15 is 0 Å². The average molecular weight is 361 g/mol. The molecule has 1 aromatic carbocycles. The van der Waals surface area contributed by atoms with Gasteiger partial charge in [0.2, 0.25) is 5.91 Å². The molecule has 0 saturated carbocycles. The molecular formula is C20H28N2O2S. The van der Waals surface area contributed by atoms with E-state index < -0.39 is 0 Å². The first-order valence-electron chi connectivity index (χ1n) is 8.47. The Morgan fingerprint density at radius 2 is 1.64 bits per heavy atom. The van der Waals surface area contributed by atoms with E-state index in [1.54, 1.807) is 0 Å². The maximum absolute atomic E-state index is 11.1. The molecule has 0 aliphatic carbocycles. The van der Waals surface area contributed by atoms with Crippen molar-refractivity contribution < 1.29 is 9.90 Å². The Bertz CT molecular complexity index is 745. The molecule has 1 heterocycles. The number of thiazole rings is 1. The van der Waals surface area contributed by atoms with Gasteiger partial charge in [0, 0.05) is 29.0 Å². The minimum atomic E-state index is -0.171. The van der Waals surface area contributed by atoms with Crippen LogP contribution in [0.1, 0.15) is 64.6 Å². The lowest BCUT2D eigenvalue weighted by Gasteiger charge is -2.28. The van der Waals surface area contributed by atoms with Crippen LogP contribution in [-0.4, -0.2) is 16.0 Å². The van der Waals surface area contributed by atoms with Crippen LogP contribution in [0.2, 0.25) is 0 Å². The molecule has 0 unspecified atom stereocenters. The fourth-order valence-electron chi connectivity index (χ4n) is 2.65. The van der Waals surface area contributed by atoms with Crippen molar-refractivity contribution in [3.8, 4) is 17.0 Å². The van der Waals surface area contributed by atoms with Crippen molar-refractivity contribution in [3.63, 3.8) is 0 Å². The molecule has 25 heavy (non-hydrogen) atoms. The third kappa shape index (κ3) is 4.60. The number of hydrogen-bond acceptors (Lipinski definition) is 4. The van der Waals surface area contributed by atoms with Gasteiger partial charge in [-0.15, -0.1) is 11.3 Å². The average Bonchev–Trinajstić information content (AvgIpc) is 2.91. The summed E-state index contributed by atoms with van der Waals surface area (Å²) >= 11 is 1.53. The highest BCUT2D eigenvalue weighted by molar-refractivity contribution is 7.09. The topological polar surface area (TPSA) is 62.2 Å². The number of amides is 1. The molecule has 136 valence electrons. The van der Waals surface area contributed by atoms with Crippen LogP contribution < -0.4 is 5.32 Å². The number of hydrogen-bond donors (Lipinski definition) is 2. The predicted octanol–water partition coefficient (Wildman–Crippen LogP) is 4.75. The van der Waals surface area contributed by atoms with Gasteiger partial charge in [-0.2, -0.15) is 0 Å². The Kier molecular flexibility index (Phi) is 5.28. The molecule has 5 heteroatoms. The maximum atomic E-state index is 11.1. The molecule has 4 nitrogen and oxygen atoms in total. The summed E-state index contributed by atoms with van der Waals surface area (Å²) in [7, 11) is 0. The third-order valence-corrected chi connectivity index (χ3v) is 4.91. The van der Waals surface area contributed by atoms with Crippen LogP contribution >= 0.6 is 11.3 Å². The molecule has 2 rings (SSSR count). The first-order chi connectivity index (χ1) is 11.4. The van der Waals surface area contributed by atoms with Crippen molar-refractivity contribution in [3.05, 3.63) is 33.6 Å². The van der Waals surface area contributed by atoms with Gasteiger partial charge in [0.15, 0.2) is 0 Å². The van der Waals surface area contributed by atoms with Gasteiger partial charge in [-0.25, -0.2) is 4.98 Å². The molecule has 0 atom stereocenters. The minimum absolute atomic E-state index is 0.0635. The number of aromatic hydroxyl groups is 1. The number of phenolic OH excluding ortho intramolecular Hbond substituents is 1. The van der Waals surface area contributed by atoms with Crippen molar-refractivity contribution in [2.24, 2.45) is 0 Å². The first kappa shape index (κ1) is 19.4. The summed E-state index contributed by atoms with van der Waals surface area (Å²) < 4.78 is 0. The smallest absolute Gasteiger partial charge is 0.217 e. The van der Waals surface area contributed by atoms with Gasteiger partial charge in [-0.05, 0) is 23.0 Å². The zero-order valence-electron chi connectivity index (χ0n) is 16.2. The summed E-state index contributed by atoms with van der Waals surface area (Å²) in [6.07, 6.45) is 0. The van der Waals surface area contributed by atoms with Crippen molar-refractivity contribution in [1.29, 1.82) is 0 Å². The fourth-order valence-corrected chi connectivity index (χ4v) is 3.39. The second kappa shape index (κ2) is 6.79. The standard InChI is InChI=1S/C20H28N2O2S/c1-12(23)21-10-17-22-16(11-25-17)13-8-14(19(2,3)4)18(24)15(9-13)20(5,6)7/h8-9,11,24H,10H2,1-7H3,(H,21,23). The van der Waals surface area contributed by atoms with E-state index in [-0.39, 0.29) is 16.7 Å². The number of benzene rings is 1. The number of carbonyl (C=O) groups is 1. The van der Waals surface area contributed by atoms with E-state index in [0.29, 0.717) is 12.3 Å². The van der Waals surface area contributed by atoms with Crippen molar-refractivity contribution in [1.82, 2.24) is 10.3 Å². The first-order valence-corrected chi connectivity index (χ1v) is 9.34. The fraction of sp³-hybridized carbons (Fsp3) is 0.500. The van der Waals surface area contributed by atoms with Crippen molar-refractivity contribution in [2.45, 2.75) is 65.8 Å². The Hall–Kier alpha value is -1.88. The summed E-state index contributed by atoms with van der Waals surface area (Å²) in [6.45, 7) is 14.5. The molecular weight excluding hydrogens is 332 g/mol. The van der Waals surface area contributed by atoms with Gasteiger partial charge in [-0.3, -0.25) is 4.79 Å². The summed E-state index contributed by atoms with van der Waals surface area (Å²) in [6, 6.07) is 4.06. The predicted molar refractivity (Wildman–Crippen MR) is 104 cm³/mol. The van der Waals surface area contributed by atoms with E-state index in [9.17, 15) is 9.90 Å². The Balaban J connectivity index is 2.53. The highest BCUT2D eigenvalue weighted by Crippen LogP contribution is 2.42. The van der Waals surface area contributed by atoms with Gasteiger partial charge in [0.25, 0.3) is 0 Å². The third-order valence-electron chi connectivity index (χ3n) is 4.06. The molecule has 2 N–H and O–H groups in total. The summed E-state index contributed by atoms with van der Waals surface area (Å²) in [5.74, 6) is 0.309.